The summed E-state index contributed by atoms with van der Waals surface area (Å²) in [4.78, 5) is 25.6. The quantitative estimate of drug-likeness (QED) is 0.643. The van der Waals surface area contributed by atoms with Crippen LogP contribution < -0.4 is 10.6 Å². The van der Waals surface area contributed by atoms with Crippen LogP contribution in [-0.4, -0.2) is 38.2 Å². The van der Waals surface area contributed by atoms with Crippen molar-refractivity contribution in [1.29, 1.82) is 0 Å². The number of aryl methyl sites for hydroxylation is 1. The summed E-state index contributed by atoms with van der Waals surface area (Å²) in [5.41, 5.74) is 8.03. The third kappa shape index (κ3) is 4.38. The number of aliphatic carboxylic acids is 1. The predicted octanol–water partition coefficient (Wildman–Crippen LogP) is 2.07. The van der Waals surface area contributed by atoms with Gasteiger partial charge in [0.25, 0.3) is 0 Å². The standard InChI is InChI=1S/C18H20N6O3/c1-11-13(8-9-15(25)26)17(22-18(19)20-11)24(2)10-14-21-16(23-27-14)12-6-4-3-5-7-12/h3-7H,8-10H2,1-2H3,(H,25,26)(H2,19,20,22). The van der Waals surface area contributed by atoms with E-state index < -0.39 is 5.97 Å². The molecule has 9 heteroatoms. The minimum atomic E-state index is -0.885. The molecule has 3 rings (SSSR count). The molecule has 9 nitrogen and oxygen atoms in total. The topological polar surface area (TPSA) is 131 Å². The molecular weight excluding hydrogens is 348 g/mol. The van der Waals surface area contributed by atoms with Gasteiger partial charge in [-0.1, -0.05) is 35.5 Å². The first-order chi connectivity index (χ1) is 12.9. The van der Waals surface area contributed by atoms with Crippen LogP contribution in [0.5, 0.6) is 0 Å². The van der Waals surface area contributed by atoms with Crippen molar-refractivity contribution in [2.75, 3.05) is 17.7 Å². The second-order valence-corrected chi connectivity index (χ2v) is 6.10. The van der Waals surface area contributed by atoms with Gasteiger partial charge >= 0.3 is 5.97 Å². The van der Waals surface area contributed by atoms with Crippen LogP contribution in [0.25, 0.3) is 11.4 Å². The van der Waals surface area contributed by atoms with Crippen LogP contribution in [0.15, 0.2) is 34.9 Å². The lowest BCUT2D eigenvalue weighted by Gasteiger charge is -2.20. The summed E-state index contributed by atoms with van der Waals surface area (Å²) in [6.07, 6.45) is 0.286. The number of hydrogen-bond donors (Lipinski definition) is 2. The zero-order valence-corrected chi connectivity index (χ0v) is 15.1. The fourth-order valence-electron chi connectivity index (χ4n) is 2.74. The summed E-state index contributed by atoms with van der Waals surface area (Å²) < 4.78 is 5.34. The normalized spacial score (nSPS) is 10.7. The highest BCUT2D eigenvalue weighted by molar-refractivity contribution is 5.68. The Bertz CT molecular complexity index is 942. The van der Waals surface area contributed by atoms with Gasteiger partial charge in [0.2, 0.25) is 17.7 Å². The van der Waals surface area contributed by atoms with Crippen LogP contribution >= 0.6 is 0 Å². The van der Waals surface area contributed by atoms with Crippen molar-refractivity contribution in [1.82, 2.24) is 20.1 Å². The maximum atomic E-state index is 10.9. The highest BCUT2D eigenvalue weighted by atomic mass is 16.5. The Kier molecular flexibility index (Phi) is 5.30. The van der Waals surface area contributed by atoms with Gasteiger partial charge < -0.3 is 20.3 Å². The third-order valence-electron chi connectivity index (χ3n) is 4.03. The number of aromatic nitrogens is 4. The number of rotatable bonds is 7. The zero-order chi connectivity index (χ0) is 19.4. The van der Waals surface area contributed by atoms with Crippen LogP contribution in [0.1, 0.15) is 23.6 Å². The molecule has 3 aromatic rings. The molecule has 0 bridgehead atoms. The minimum Gasteiger partial charge on any atom is -0.481 e. The van der Waals surface area contributed by atoms with E-state index in [2.05, 4.69) is 20.1 Å². The molecule has 140 valence electrons. The number of nitrogens with zero attached hydrogens (tertiary/aromatic N) is 5. The molecule has 3 N–H and O–H groups in total. The van der Waals surface area contributed by atoms with Gasteiger partial charge in [-0.3, -0.25) is 4.79 Å². The fraction of sp³-hybridized carbons (Fsp3) is 0.278. The highest BCUT2D eigenvalue weighted by Gasteiger charge is 2.18. The molecule has 27 heavy (non-hydrogen) atoms. The van der Waals surface area contributed by atoms with E-state index in [0.29, 0.717) is 36.2 Å². The number of anilines is 2. The lowest BCUT2D eigenvalue weighted by molar-refractivity contribution is -0.136. The predicted molar refractivity (Wildman–Crippen MR) is 99.0 cm³/mol. The Morgan fingerprint density at radius 3 is 2.67 bits per heavy atom. The Morgan fingerprint density at radius 1 is 1.22 bits per heavy atom. The smallest absolute Gasteiger partial charge is 0.303 e. The van der Waals surface area contributed by atoms with E-state index in [1.807, 2.05) is 30.3 Å². The second kappa shape index (κ2) is 7.81. The van der Waals surface area contributed by atoms with E-state index in [1.54, 1.807) is 18.9 Å². The summed E-state index contributed by atoms with van der Waals surface area (Å²) in [5.74, 6) is 0.715. The van der Waals surface area contributed by atoms with Crippen molar-refractivity contribution in [3.8, 4) is 11.4 Å². The van der Waals surface area contributed by atoms with Gasteiger partial charge in [0.1, 0.15) is 5.82 Å². The third-order valence-corrected chi connectivity index (χ3v) is 4.03. The molecule has 0 aliphatic heterocycles. The van der Waals surface area contributed by atoms with Crippen molar-refractivity contribution < 1.29 is 14.4 Å². The Balaban J connectivity index is 1.83. The zero-order valence-electron chi connectivity index (χ0n) is 15.1. The van der Waals surface area contributed by atoms with Gasteiger partial charge in [-0.15, -0.1) is 0 Å². The van der Waals surface area contributed by atoms with Crippen LogP contribution in [0, 0.1) is 6.92 Å². The first kappa shape index (κ1) is 18.3. The maximum absolute atomic E-state index is 10.9. The van der Waals surface area contributed by atoms with E-state index >= 15 is 0 Å². The number of nitrogens with two attached hydrogens (primary N) is 1. The Morgan fingerprint density at radius 2 is 1.96 bits per heavy atom. The molecule has 0 atom stereocenters. The van der Waals surface area contributed by atoms with Crippen LogP contribution in [-0.2, 0) is 17.8 Å². The summed E-state index contributed by atoms with van der Waals surface area (Å²) in [7, 11) is 1.80. The molecule has 0 spiro atoms. The van der Waals surface area contributed by atoms with Crippen molar-refractivity contribution in [3.63, 3.8) is 0 Å². The van der Waals surface area contributed by atoms with Crippen molar-refractivity contribution >= 4 is 17.7 Å². The first-order valence-electron chi connectivity index (χ1n) is 8.38. The van der Waals surface area contributed by atoms with Gasteiger partial charge in [0, 0.05) is 30.3 Å². The molecule has 1 aromatic carbocycles. The molecular formula is C18H20N6O3. The van der Waals surface area contributed by atoms with E-state index in [9.17, 15) is 4.79 Å². The number of carboxylic acids is 1. The lowest BCUT2D eigenvalue weighted by atomic mass is 10.1. The Labute approximate surface area is 155 Å². The van der Waals surface area contributed by atoms with Crippen molar-refractivity contribution in [3.05, 3.63) is 47.5 Å². The molecule has 2 heterocycles. The van der Waals surface area contributed by atoms with E-state index in [1.165, 1.54) is 0 Å². The van der Waals surface area contributed by atoms with Crippen LogP contribution in [0.4, 0.5) is 11.8 Å². The molecule has 0 unspecified atom stereocenters. The maximum Gasteiger partial charge on any atom is 0.303 e. The van der Waals surface area contributed by atoms with Gasteiger partial charge in [0.05, 0.1) is 6.54 Å². The average Bonchev–Trinajstić information content (AvgIpc) is 3.09. The summed E-state index contributed by atoms with van der Waals surface area (Å²) in [5, 5.41) is 13.0. The number of nitrogen functional groups attached to an aromatic ring is 1. The lowest BCUT2D eigenvalue weighted by Crippen LogP contribution is -2.22. The molecule has 0 radical (unpaired) electrons. The summed E-state index contributed by atoms with van der Waals surface area (Å²) in [6, 6.07) is 9.52. The highest BCUT2D eigenvalue weighted by Crippen LogP contribution is 2.24. The van der Waals surface area contributed by atoms with E-state index in [4.69, 9.17) is 15.4 Å². The average molecular weight is 368 g/mol. The van der Waals surface area contributed by atoms with Gasteiger partial charge in [-0.2, -0.15) is 9.97 Å². The molecule has 0 aliphatic rings. The monoisotopic (exact) mass is 368 g/mol. The molecule has 0 fully saturated rings. The van der Waals surface area contributed by atoms with Gasteiger partial charge in [0.15, 0.2) is 0 Å². The Hall–Kier alpha value is -3.49. The number of benzene rings is 1. The fourth-order valence-corrected chi connectivity index (χ4v) is 2.74. The van der Waals surface area contributed by atoms with Crippen LogP contribution in [0.3, 0.4) is 0 Å². The minimum absolute atomic E-state index is 0.0202. The van der Waals surface area contributed by atoms with Gasteiger partial charge in [-0.25, -0.2) is 4.98 Å². The first-order valence-corrected chi connectivity index (χ1v) is 8.38. The second-order valence-electron chi connectivity index (χ2n) is 6.10. The SMILES string of the molecule is Cc1nc(N)nc(N(C)Cc2nc(-c3ccccc3)no2)c1CCC(=O)O. The molecule has 0 aliphatic carbocycles. The number of carbonyl (C=O) groups is 1. The van der Waals surface area contributed by atoms with E-state index in [0.717, 1.165) is 11.1 Å². The van der Waals surface area contributed by atoms with Gasteiger partial charge in [-0.05, 0) is 13.3 Å². The number of hydrogen-bond acceptors (Lipinski definition) is 8. The van der Waals surface area contributed by atoms with E-state index in [-0.39, 0.29) is 12.4 Å². The molecule has 2 aromatic heterocycles. The molecule has 0 saturated carbocycles. The van der Waals surface area contributed by atoms with Crippen LogP contribution in [0.2, 0.25) is 0 Å². The van der Waals surface area contributed by atoms with Crippen molar-refractivity contribution in [2.24, 2.45) is 0 Å². The molecule has 0 saturated heterocycles. The molecule has 0 amide bonds. The number of carboxylic acid groups (broad SMARTS) is 1. The summed E-state index contributed by atoms with van der Waals surface area (Å²) >= 11 is 0. The summed E-state index contributed by atoms with van der Waals surface area (Å²) in [6.45, 7) is 2.09. The largest absolute Gasteiger partial charge is 0.481 e. The van der Waals surface area contributed by atoms with Crippen molar-refractivity contribution in [2.45, 2.75) is 26.3 Å².